The van der Waals surface area contributed by atoms with Gasteiger partial charge in [-0.3, -0.25) is 0 Å². The smallest absolute Gasteiger partial charge is 0.218 e. The second-order valence-corrected chi connectivity index (χ2v) is 4.47. The van der Waals surface area contributed by atoms with E-state index >= 15 is 0 Å². The first-order valence-corrected chi connectivity index (χ1v) is 6.20. The Bertz CT molecular complexity index is 348. The van der Waals surface area contributed by atoms with Crippen LogP contribution in [0.3, 0.4) is 0 Å². The number of nitrogens with zero attached hydrogens (tertiary/aromatic N) is 3. The SMILES string of the molecule is CC(C)Oc1cc(N2CCCNCC2)ncn1. The van der Waals surface area contributed by atoms with Crippen LogP contribution < -0.4 is 15.0 Å². The lowest BCUT2D eigenvalue weighted by Gasteiger charge is -2.21. The van der Waals surface area contributed by atoms with E-state index in [2.05, 4.69) is 20.2 Å². The summed E-state index contributed by atoms with van der Waals surface area (Å²) >= 11 is 0. The molecule has 2 heterocycles. The first-order valence-electron chi connectivity index (χ1n) is 6.20. The number of hydrogen-bond acceptors (Lipinski definition) is 5. The number of aromatic nitrogens is 2. The minimum absolute atomic E-state index is 0.142. The van der Waals surface area contributed by atoms with Crippen molar-refractivity contribution in [2.24, 2.45) is 0 Å². The van der Waals surface area contributed by atoms with Gasteiger partial charge in [-0.15, -0.1) is 0 Å². The lowest BCUT2D eigenvalue weighted by molar-refractivity contribution is 0.232. The van der Waals surface area contributed by atoms with Crippen LogP contribution in [0, 0.1) is 0 Å². The van der Waals surface area contributed by atoms with Crippen LogP contribution in [0.15, 0.2) is 12.4 Å². The Hall–Kier alpha value is -1.36. The van der Waals surface area contributed by atoms with Gasteiger partial charge in [-0.2, -0.15) is 0 Å². The van der Waals surface area contributed by atoms with Gasteiger partial charge in [-0.05, 0) is 26.8 Å². The monoisotopic (exact) mass is 236 g/mol. The van der Waals surface area contributed by atoms with E-state index in [0.29, 0.717) is 5.88 Å². The van der Waals surface area contributed by atoms with E-state index in [1.54, 1.807) is 6.33 Å². The zero-order valence-electron chi connectivity index (χ0n) is 10.5. The fourth-order valence-corrected chi connectivity index (χ4v) is 1.88. The molecule has 0 atom stereocenters. The molecule has 0 spiro atoms. The third-order valence-corrected chi connectivity index (χ3v) is 2.65. The molecular weight excluding hydrogens is 216 g/mol. The van der Waals surface area contributed by atoms with Crippen molar-refractivity contribution < 1.29 is 4.74 Å². The molecule has 5 heteroatoms. The molecule has 2 rings (SSSR count). The molecule has 1 aromatic heterocycles. The Morgan fingerprint density at radius 3 is 3.00 bits per heavy atom. The van der Waals surface area contributed by atoms with Gasteiger partial charge in [0.15, 0.2) is 0 Å². The van der Waals surface area contributed by atoms with Gasteiger partial charge in [0.2, 0.25) is 5.88 Å². The highest BCUT2D eigenvalue weighted by Gasteiger charge is 2.12. The number of rotatable bonds is 3. The summed E-state index contributed by atoms with van der Waals surface area (Å²) in [7, 11) is 0. The molecule has 0 saturated carbocycles. The topological polar surface area (TPSA) is 50.3 Å². The quantitative estimate of drug-likeness (QED) is 0.850. The number of ether oxygens (including phenoxy) is 1. The van der Waals surface area contributed by atoms with Gasteiger partial charge in [-0.1, -0.05) is 0 Å². The molecule has 5 nitrogen and oxygen atoms in total. The molecule has 1 aliphatic rings. The van der Waals surface area contributed by atoms with E-state index in [4.69, 9.17) is 4.74 Å². The Morgan fingerprint density at radius 2 is 2.18 bits per heavy atom. The Labute approximate surface area is 102 Å². The first-order chi connectivity index (χ1) is 8.25. The molecule has 0 bridgehead atoms. The number of hydrogen-bond donors (Lipinski definition) is 1. The maximum Gasteiger partial charge on any atom is 0.218 e. The van der Waals surface area contributed by atoms with Crippen molar-refractivity contribution in [2.75, 3.05) is 31.1 Å². The molecule has 0 aliphatic carbocycles. The summed E-state index contributed by atoms with van der Waals surface area (Å²) in [5.74, 6) is 1.61. The van der Waals surface area contributed by atoms with E-state index in [-0.39, 0.29) is 6.10 Å². The van der Waals surface area contributed by atoms with Crippen molar-refractivity contribution in [2.45, 2.75) is 26.4 Å². The highest BCUT2D eigenvalue weighted by atomic mass is 16.5. The predicted molar refractivity (Wildman–Crippen MR) is 67.5 cm³/mol. The largest absolute Gasteiger partial charge is 0.475 e. The molecule has 17 heavy (non-hydrogen) atoms. The van der Waals surface area contributed by atoms with E-state index in [9.17, 15) is 0 Å². The molecule has 0 radical (unpaired) electrons. The van der Waals surface area contributed by atoms with Crippen molar-refractivity contribution in [3.63, 3.8) is 0 Å². The molecule has 1 N–H and O–H groups in total. The van der Waals surface area contributed by atoms with E-state index in [1.165, 1.54) is 0 Å². The van der Waals surface area contributed by atoms with Gasteiger partial charge < -0.3 is 15.0 Å². The van der Waals surface area contributed by atoms with Crippen LogP contribution in [0.5, 0.6) is 5.88 Å². The Kier molecular flexibility index (Phi) is 4.14. The summed E-state index contributed by atoms with van der Waals surface area (Å²) in [6, 6.07) is 1.92. The summed E-state index contributed by atoms with van der Waals surface area (Å²) in [6.45, 7) is 8.10. The third kappa shape index (κ3) is 3.56. The highest BCUT2D eigenvalue weighted by Crippen LogP contribution is 2.17. The second kappa shape index (κ2) is 5.82. The molecule has 0 unspecified atom stereocenters. The Morgan fingerprint density at radius 1 is 1.29 bits per heavy atom. The summed E-state index contributed by atoms with van der Waals surface area (Å²) in [4.78, 5) is 10.7. The van der Waals surface area contributed by atoms with Gasteiger partial charge in [0.1, 0.15) is 12.1 Å². The minimum atomic E-state index is 0.142. The summed E-state index contributed by atoms with van der Waals surface area (Å²) in [5, 5.41) is 3.38. The van der Waals surface area contributed by atoms with Crippen LogP contribution in [0.1, 0.15) is 20.3 Å². The van der Waals surface area contributed by atoms with Crippen LogP contribution in [0.25, 0.3) is 0 Å². The summed E-state index contributed by atoms with van der Waals surface area (Å²) < 4.78 is 5.58. The molecule has 1 fully saturated rings. The van der Waals surface area contributed by atoms with Gasteiger partial charge in [0, 0.05) is 25.7 Å². The van der Waals surface area contributed by atoms with Gasteiger partial charge in [0.25, 0.3) is 0 Å². The normalized spacial score (nSPS) is 17.0. The van der Waals surface area contributed by atoms with E-state index in [0.717, 1.165) is 38.4 Å². The van der Waals surface area contributed by atoms with Crippen LogP contribution in [0.4, 0.5) is 5.82 Å². The fraction of sp³-hybridized carbons (Fsp3) is 0.667. The van der Waals surface area contributed by atoms with Crippen LogP contribution in [-0.2, 0) is 0 Å². The van der Waals surface area contributed by atoms with Crippen molar-refractivity contribution in [1.29, 1.82) is 0 Å². The van der Waals surface area contributed by atoms with Crippen molar-refractivity contribution >= 4 is 5.82 Å². The maximum atomic E-state index is 5.58. The lowest BCUT2D eigenvalue weighted by atomic mass is 10.4. The number of nitrogens with one attached hydrogen (secondary N) is 1. The third-order valence-electron chi connectivity index (χ3n) is 2.65. The molecule has 1 aliphatic heterocycles. The Balaban J connectivity index is 2.08. The lowest BCUT2D eigenvalue weighted by Crippen LogP contribution is -2.28. The molecular formula is C12H20N4O. The first kappa shape index (κ1) is 12.1. The summed E-state index contributed by atoms with van der Waals surface area (Å²) in [5.41, 5.74) is 0. The zero-order chi connectivity index (χ0) is 12.1. The summed E-state index contributed by atoms with van der Waals surface area (Å²) in [6.07, 6.45) is 2.86. The average molecular weight is 236 g/mol. The fourth-order valence-electron chi connectivity index (χ4n) is 1.88. The van der Waals surface area contributed by atoms with Crippen LogP contribution in [0.2, 0.25) is 0 Å². The standard InChI is InChI=1S/C12H20N4O/c1-10(2)17-12-8-11(14-9-15-12)16-6-3-4-13-5-7-16/h8-10,13H,3-7H2,1-2H3. The van der Waals surface area contributed by atoms with Crippen molar-refractivity contribution in [3.8, 4) is 5.88 Å². The maximum absolute atomic E-state index is 5.58. The van der Waals surface area contributed by atoms with Gasteiger partial charge >= 0.3 is 0 Å². The van der Waals surface area contributed by atoms with Crippen LogP contribution in [-0.4, -0.2) is 42.3 Å². The van der Waals surface area contributed by atoms with Gasteiger partial charge in [-0.25, -0.2) is 9.97 Å². The molecule has 94 valence electrons. The molecule has 0 aromatic carbocycles. The van der Waals surface area contributed by atoms with Crippen molar-refractivity contribution in [3.05, 3.63) is 12.4 Å². The van der Waals surface area contributed by atoms with Crippen molar-refractivity contribution in [1.82, 2.24) is 15.3 Å². The minimum Gasteiger partial charge on any atom is -0.475 e. The average Bonchev–Trinajstić information content (AvgIpc) is 2.57. The van der Waals surface area contributed by atoms with Crippen LogP contribution >= 0.6 is 0 Å². The molecule has 1 aromatic rings. The molecule has 0 amide bonds. The second-order valence-electron chi connectivity index (χ2n) is 4.47. The molecule has 1 saturated heterocycles. The van der Waals surface area contributed by atoms with E-state index in [1.807, 2.05) is 19.9 Å². The van der Waals surface area contributed by atoms with E-state index < -0.39 is 0 Å². The zero-order valence-corrected chi connectivity index (χ0v) is 10.5. The highest BCUT2D eigenvalue weighted by molar-refractivity contribution is 5.40. The number of anilines is 1. The van der Waals surface area contributed by atoms with Gasteiger partial charge in [0.05, 0.1) is 6.10 Å². The predicted octanol–water partition coefficient (Wildman–Crippen LogP) is 1.06.